The molecular weight excluding hydrogens is 446 g/mol. The van der Waals surface area contributed by atoms with Gasteiger partial charge in [-0.1, -0.05) is 17.4 Å². The van der Waals surface area contributed by atoms with Crippen molar-refractivity contribution in [1.29, 1.82) is 0 Å². The van der Waals surface area contributed by atoms with Crippen LogP contribution in [0.5, 0.6) is 11.5 Å². The van der Waals surface area contributed by atoms with Gasteiger partial charge in [-0.25, -0.2) is 4.98 Å². The van der Waals surface area contributed by atoms with E-state index in [-0.39, 0.29) is 17.2 Å². The number of nitrogens with zero attached hydrogens (tertiary/aromatic N) is 4. The number of ether oxygens (including phenoxy) is 2. The molecule has 1 aliphatic heterocycles. The van der Waals surface area contributed by atoms with Crippen LogP contribution in [0.3, 0.4) is 0 Å². The van der Waals surface area contributed by atoms with Crippen LogP contribution in [0.4, 0.5) is 10.8 Å². The number of aromatic nitrogens is 1. The van der Waals surface area contributed by atoms with Crippen molar-refractivity contribution in [3.63, 3.8) is 0 Å². The van der Waals surface area contributed by atoms with Gasteiger partial charge in [-0.2, -0.15) is 0 Å². The minimum atomic E-state index is -0.506. The Balaban J connectivity index is 1.29. The van der Waals surface area contributed by atoms with Crippen molar-refractivity contribution in [2.45, 2.75) is 0 Å². The second-order valence-electron chi connectivity index (χ2n) is 7.54. The van der Waals surface area contributed by atoms with Crippen molar-refractivity contribution in [1.82, 2.24) is 15.2 Å². The van der Waals surface area contributed by atoms with Crippen LogP contribution >= 0.6 is 11.3 Å². The summed E-state index contributed by atoms with van der Waals surface area (Å²) in [6.07, 6.45) is 0. The molecule has 1 N–H and O–H groups in total. The zero-order chi connectivity index (χ0) is 23.4. The number of rotatable bonds is 8. The van der Waals surface area contributed by atoms with Crippen LogP contribution in [0.15, 0.2) is 36.4 Å². The van der Waals surface area contributed by atoms with Crippen molar-refractivity contribution in [3.05, 3.63) is 52.1 Å². The lowest BCUT2D eigenvalue weighted by molar-refractivity contribution is -0.384. The number of thiazole rings is 1. The molecule has 1 aromatic heterocycles. The molecule has 3 aromatic rings. The highest BCUT2D eigenvalue weighted by molar-refractivity contribution is 7.22. The van der Waals surface area contributed by atoms with Crippen molar-refractivity contribution >= 4 is 38.3 Å². The summed E-state index contributed by atoms with van der Waals surface area (Å²) < 4.78 is 11.9. The molecule has 10 nitrogen and oxygen atoms in total. The highest BCUT2D eigenvalue weighted by Gasteiger charge is 2.22. The molecule has 2 aromatic carbocycles. The van der Waals surface area contributed by atoms with Crippen molar-refractivity contribution in [3.8, 4) is 11.5 Å². The summed E-state index contributed by atoms with van der Waals surface area (Å²) >= 11 is 1.63. The topological polar surface area (TPSA) is 110 Å². The van der Waals surface area contributed by atoms with Gasteiger partial charge in [0, 0.05) is 57.0 Å². The van der Waals surface area contributed by atoms with Gasteiger partial charge in [0.05, 0.1) is 23.8 Å². The number of anilines is 1. The third-order valence-corrected chi connectivity index (χ3v) is 6.65. The maximum absolute atomic E-state index is 12.3. The fraction of sp³-hybridized carbons (Fsp3) is 0.364. The number of non-ortho nitro benzene ring substituents is 1. The van der Waals surface area contributed by atoms with E-state index in [1.165, 1.54) is 18.2 Å². The number of amides is 1. The molecule has 1 amide bonds. The number of nitrogens with one attached hydrogen (secondary N) is 1. The number of hydrogen-bond acceptors (Lipinski definition) is 9. The Morgan fingerprint density at radius 1 is 1.18 bits per heavy atom. The molecule has 1 aliphatic rings. The summed E-state index contributed by atoms with van der Waals surface area (Å²) in [7, 11) is 3.23. The normalized spacial score (nSPS) is 14.3. The molecule has 1 saturated heterocycles. The van der Waals surface area contributed by atoms with Crippen molar-refractivity contribution in [2.75, 3.05) is 58.4 Å². The van der Waals surface area contributed by atoms with Crippen molar-refractivity contribution in [2.24, 2.45) is 0 Å². The first kappa shape index (κ1) is 22.7. The number of hydrogen-bond donors (Lipinski definition) is 1. The van der Waals surface area contributed by atoms with E-state index in [1.54, 1.807) is 31.6 Å². The van der Waals surface area contributed by atoms with E-state index >= 15 is 0 Å². The van der Waals surface area contributed by atoms with Gasteiger partial charge in [-0.15, -0.1) is 0 Å². The first-order chi connectivity index (χ1) is 16.0. The van der Waals surface area contributed by atoms with E-state index in [0.717, 1.165) is 41.5 Å². The van der Waals surface area contributed by atoms with Crippen LogP contribution in [0.25, 0.3) is 10.2 Å². The third kappa shape index (κ3) is 4.99. The van der Waals surface area contributed by atoms with Crippen molar-refractivity contribution < 1.29 is 19.2 Å². The molecule has 0 radical (unpaired) electrons. The van der Waals surface area contributed by atoms with E-state index in [1.807, 2.05) is 12.1 Å². The SMILES string of the molecule is COc1ccc2sc(N3CCN(CCNC(=O)c4cccc([N+](=O)[O-])c4)CC3)nc2c1OC. The molecule has 33 heavy (non-hydrogen) atoms. The predicted molar refractivity (Wildman–Crippen MR) is 127 cm³/mol. The monoisotopic (exact) mass is 471 g/mol. The highest BCUT2D eigenvalue weighted by Crippen LogP contribution is 2.40. The fourth-order valence-corrected chi connectivity index (χ4v) is 4.80. The quantitative estimate of drug-likeness (QED) is 0.395. The number of benzene rings is 2. The Hall–Kier alpha value is -3.44. The van der Waals surface area contributed by atoms with E-state index < -0.39 is 4.92 Å². The summed E-state index contributed by atoms with van der Waals surface area (Å²) in [4.78, 5) is 32.0. The van der Waals surface area contributed by atoms with Crippen LogP contribution in [0.2, 0.25) is 0 Å². The minimum Gasteiger partial charge on any atom is -0.493 e. The van der Waals surface area contributed by atoms with E-state index in [0.29, 0.717) is 24.6 Å². The molecule has 11 heteroatoms. The zero-order valence-corrected chi connectivity index (χ0v) is 19.3. The van der Waals surface area contributed by atoms with E-state index in [4.69, 9.17) is 14.5 Å². The number of carbonyl (C=O) groups excluding carboxylic acids is 1. The number of nitro benzene ring substituents is 1. The second kappa shape index (κ2) is 10.0. The number of methoxy groups -OCH3 is 2. The van der Waals surface area contributed by atoms with Crippen LogP contribution < -0.4 is 19.7 Å². The molecule has 174 valence electrons. The average Bonchev–Trinajstić information content (AvgIpc) is 3.28. The summed E-state index contributed by atoms with van der Waals surface area (Å²) in [5.41, 5.74) is 1.00. The molecule has 0 spiro atoms. The summed E-state index contributed by atoms with van der Waals surface area (Å²) in [5.74, 6) is 1.01. The molecular formula is C22H25N5O5S. The second-order valence-corrected chi connectivity index (χ2v) is 8.55. The first-order valence-electron chi connectivity index (χ1n) is 10.5. The molecule has 0 aliphatic carbocycles. The predicted octanol–water partition coefficient (Wildman–Crippen LogP) is 2.77. The summed E-state index contributed by atoms with van der Waals surface area (Å²) in [6.45, 7) is 4.54. The molecule has 0 saturated carbocycles. The lowest BCUT2D eigenvalue weighted by Gasteiger charge is -2.34. The number of nitro groups is 1. The Kier molecular flexibility index (Phi) is 6.90. The largest absolute Gasteiger partial charge is 0.493 e. The third-order valence-electron chi connectivity index (χ3n) is 5.57. The lowest BCUT2D eigenvalue weighted by Crippen LogP contribution is -2.48. The highest BCUT2D eigenvalue weighted by atomic mass is 32.1. The fourth-order valence-electron chi connectivity index (χ4n) is 3.79. The number of piperazine rings is 1. The number of fused-ring (bicyclic) bond motifs is 1. The van der Waals surface area contributed by atoms with Gasteiger partial charge < -0.3 is 19.7 Å². The minimum absolute atomic E-state index is 0.0929. The van der Waals surface area contributed by atoms with Gasteiger partial charge in [0.15, 0.2) is 16.6 Å². The van der Waals surface area contributed by atoms with Crippen LogP contribution in [-0.2, 0) is 0 Å². The van der Waals surface area contributed by atoms with Gasteiger partial charge in [0.1, 0.15) is 5.52 Å². The van der Waals surface area contributed by atoms with E-state index in [9.17, 15) is 14.9 Å². The molecule has 2 heterocycles. The Morgan fingerprint density at radius 3 is 2.67 bits per heavy atom. The Labute approximate surface area is 194 Å². The van der Waals surface area contributed by atoms with Gasteiger partial charge in [0.2, 0.25) is 0 Å². The Bertz CT molecular complexity index is 1160. The molecule has 4 rings (SSSR count). The molecule has 0 atom stereocenters. The van der Waals surface area contributed by atoms with Gasteiger partial charge in [0.25, 0.3) is 11.6 Å². The van der Waals surface area contributed by atoms with Crippen LogP contribution in [-0.4, -0.2) is 74.2 Å². The van der Waals surface area contributed by atoms with E-state index in [2.05, 4.69) is 15.1 Å². The number of carbonyl (C=O) groups is 1. The maximum atomic E-state index is 12.3. The average molecular weight is 472 g/mol. The van der Waals surface area contributed by atoms with Gasteiger partial charge in [-0.3, -0.25) is 19.8 Å². The smallest absolute Gasteiger partial charge is 0.270 e. The van der Waals surface area contributed by atoms with Crippen LogP contribution in [0, 0.1) is 10.1 Å². The summed E-state index contributed by atoms with van der Waals surface area (Å²) in [5, 5.41) is 14.7. The molecule has 1 fully saturated rings. The summed E-state index contributed by atoms with van der Waals surface area (Å²) in [6, 6.07) is 9.63. The van der Waals surface area contributed by atoms with Gasteiger partial charge in [-0.05, 0) is 18.2 Å². The maximum Gasteiger partial charge on any atom is 0.270 e. The van der Waals surface area contributed by atoms with Crippen LogP contribution in [0.1, 0.15) is 10.4 Å². The first-order valence-corrected chi connectivity index (χ1v) is 11.3. The van der Waals surface area contributed by atoms with Gasteiger partial charge >= 0.3 is 0 Å². The molecule has 0 bridgehead atoms. The standard InChI is InChI=1S/C22H25N5O5S/c1-31-17-6-7-18-19(20(17)32-2)24-22(33-18)26-12-10-25(11-13-26)9-8-23-21(28)15-4-3-5-16(14-15)27(29)30/h3-7,14H,8-13H2,1-2H3,(H,23,28). The Morgan fingerprint density at radius 2 is 1.97 bits per heavy atom. The zero-order valence-electron chi connectivity index (χ0n) is 18.4. The lowest BCUT2D eigenvalue weighted by atomic mass is 10.2. The molecule has 0 unspecified atom stereocenters.